The summed E-state index contributed by atoms with van der Waals surface area (Å²) in [5.74, 6) is 0.355. The summed E-state index contributed by atoms with van der Waals surface area (Å²) in [4.78, 5) is 26.6. The molecule has 0 spiro atoms. The van der Waals surface area contributed by atoms with Crippen molar-refractivity contribution in [2.24, 2.45) is 5.41 Å². The first-order valence-corrected chi connectivity index (χ1v) is 8.60. The highest BCUT2D eigenvalue weighted by molar-refractivity contribution is 6.19. The van der Waals surface area contributed by atoms with E-state index in [2.05, 4.69) is 5.32 Å². The molecule has 0 aliphatic carbocycles. The molecule has 1 aliphatic heterocycles. The van der Waals surface area contributed by atoms with Crippen LogP contribution in [-0.4, -0.2) is 41.7 Å². The lowest BCUT2D eigenvalue weighted by molar-refractivity contribution is -0.129. The van der Waals surface area contributed by atoms with E-state index in [9.17, 15) is 9.59 Å². The Hall–Kier alpha value is -1.55. The number of aryl methyl sites for hydroxylation is 1. The average molecular weight is 337 g/mol. The minimum absolute atomic E-state index is 0.0174. The molecule has 0 saturated carbocycles. The van der Waals surface area contributed by atoms with E-state index in [1.54, 1.807) is 0 Å². The molecule has 0 radical (unpaired) electrons. The monoisotopic (exact) mass is 336 g/mol. The van der Waals surface area contributed by atoms with Gasteiger partial charge in [-0.2, -0.15) is 0 Å². The number of nitrogens with one attached hydrogen (secondary N) is 1. The quantitative estimate of drug-likeness (QED) is 0.859. The van der Waals surface area contributed by atoms with Crippen molar-refractivity contribution in [3.05, 3.63) is 35.4 Å². The smallest absolute Gasteiger partial charge is 0.254 e. The van der Waals surface area contributed by atoms with E-state index in [1.165, 1.54) is 0 Å². The molecular weight excluding hydrogens is 312 g/mol. The van der Waals surface area contributed by atoms with Gasteiger partial charge in [0.2, 0.25) is 5.91 Å². The van der Waals surface area contributed by atoms with Gasteiger partial charge in [-0.1, -0.05) is 18.2 Å². The number of likely N-dealkylation sites (tertiary alicyclic amines) is 1. The second-order valence-corrected chi connectivity index (χ2v) is 7.14. The molecule has 1 N–H and O–H groups in total. The molecule has 1 fully saturated rings. The fraction of sp³-hybridized carbons (Fsp3) is 0.556. The molecule has 2 amide bonds. The van der Waals surface area contributed by atoms with Crippen molar-refractivity contribution in [2.75, 3.05) is 19.0 Å². The summed E-state index contributed by atoms with van der Waals surface area (Å²) in [6, 6.07) is 7.77. The normalized spacial score (nSPS) is 16.3. The van der Waals surface area contributed by atoms with E-state index in [1.807, 2.05) is 49.9 Å². The molecule has 126 valence electrons. The number of hydrogen-bond acceptors (Lipinski definition) is 2. The Bertz CT molecular complexity index is 578. The van der Waals surface area contributed by atoms with E-state index in [0.29, 0.717) is 19.0 Å². The fourth-order valence-electron chi connectivity index (χ4n) is 2.65. The molecule has 2 rings (SSSR count). The number of amides is 2. The van der Waals surface area contributed by atoms with E-state index in [-0.39, 0.29) is 17.9 Å². The van der Waals surface area contributed by atoms with Gasteiger partial charge in [-0.3, -0.25) is 9.59 Å². The van der Waals surface area contributed by atoms with E-state index < -0.39 is 5.41 Å². The summed E-state index contributed by atoms with van der Waals surface area (Å²) < 4.78 is 0. The van der Waals surface area contributed by atoms with Crippen LogP contribution in [0.5, 0.6) is 0 Å². The molecule has 0 bridgehead atoms. The Morgan fingerprint density at radius 3 is 2.43 bits per heavy atom. The molecule has 4 nitrogen and oxygen atoms in total. The Morgan fingerprint density at radius 2 is 1.87 bits per heavy atom. The van der Waals surface area contributed by atoms with Crippen LogP contribution in [-0.2, 0) is 4.79 Å². The second-order valence-electron chi connectivity index (χ2n) is 6.87. The van der Waals surface area contributed by atoms with Crippen LogP contribution >= 0.6 is 11.6 Å². The predicted molar refractivity (Wildman–Crippen MR) is 92.7 cm³/mol. The third-order valence-electron chi connectivity index (χ3n) is 4.44. The first kappa shape index (κ1) is 17.8. The third-order valence-corrected chi connectivity index (χ3v) is 5.11. The summed E-state index contributed by atoms with van der Waals surface area (Å²) in [6.07, 6.45) is 1.56. The van der Waals surface area contributed by atoms with Crippen LogP contribution in [0.2, 0.25) is 0 Å². The minimum Gasteiger partial charge on any atom is -0.353 e. The zero-order chi connectivity index (χ0) is 17.0. The maximum absolute atomic E-state index is 12.6. The van der Waals surface area contributed by atoms with Crippen molar-refractivity contribution >= 4 is 23.4 Å². The number of halogens is 1. The fourth-order valence-corrected chi connectivity index (χ4v) is 2.77. The summed E-state index contributed by atoms with van der Waals surface area (Å²) in [5, 5.41) is 3.06. The Balaban J connectivity index is 1.90. The van der Waals surface area contributed by atoms with Gasteiger partial charge in [-0.25, -0.2) is 0 Å². The van der Waals surface area contributed by atoms with Crippen LogP contribution in [0.4, 0.5) is 0 Å². The van der Waals surface area contributed by atoms with Gasteiger partial charge in [0.1, 0.15) is 0 Å². The van der Waals surface area contributed by atoms with Gasteiger partial charge in [0.15, 0.2) is 0 Å². The van der Waals surface area contributed by atoms with Gasteiger partial charge in [0.25, 0.3) is 5.91 Å². The molecule has 0 aromatic heterocycles. The van der Waals surface area contributed by atoms with Gasteiger partial charge in [0.05, 0.1) is 5.41 Å². The Labute approximate surface area is 143 Å². The van der Waals surface area contributed by atoms with Crippen LogP contribution in [0.15, 0.2) is 24.3 Å². The van der Waals surface area contributed by atoms with Gasteiger partial charge in [-0.15, -0.1) is 11.6 Å². The van der Waals surface area contributed by atoms with Crippen LogP contribution in [0, 0.1) is 12.3 Å². The number of hydrogen-bond donors (Lipinski definition) is 1. The number of nitrogens with zero attached hydrogens (tertiary/aromatic N) is 1. The van der Waals surface area contributed by atoms with Gasteiger partial charge >= 0.3 is 0 Å². The highest BCUT2D eigenvalue weighted by Gasteiger charge is 2.30. The van der Waals surface area contributed by atoms with Crippen molar-refractivity contribution in [2.45, 2.75) is 39.7 Å². The zero-order valence-corrected chi connectivity index (χ0v) is 14.8. The van der Waals surface area contributed by atoms with E-state index >= 15 is 0 Å². The number of piperidine rings is 1. The van der Waals surface area contributed by atoms with Gasteiger partial charge in [0, 0.05) is 30.6 Å². The van der Waals surface area contributed by atoms with Crippen LogP contribution in [0.25, 0.3) is 0 Å². The van der Waals surface area contributed by atoms with Crippen molar-refractivity contribution in [1.29, 1.82) is 0 Å². The molecule has 1 aromatic rings. The maximum Gasteiger partial charge on any atom is 0.254 e. The number of rotatable bonds is 4. The van der Waals surface area contributed by atoms with Crippen molar-refractivity contribution in [3.63, 3.8) is 0 Å². The predicted octanol–water partition coefficient (Wildman–Crippen LogP) is 2.98. The lowest BCUT2D eigenvalue weighted by Crippen LogP contribution is -2.49. The molecular formula is C18H25ClN2O2. The lowest BCUT2D eigenvalue weighted by atomic mass is 9.93. The highest BCUT2D eigenvalue weighted by Crippen LogP contribution is 2.20. The first-order valence-electron chi connectivity index (χ1n) is 8.07. The minimum atomic E-state index is -0.560. The largest absolute Gasteiger partial charge is 0.353 e. The third kappa shape index (κ3) is 4.25. The number of alkyl halides is 1. The van der Waals surface area contributed by atoms with Crippen molar-refractivity contribution in [1.82, 2.24) is 10.2 Å². The van der Waals surface area contributed by atoms with Crippen molar-refractivity contribution < 1.29 is 9.59 Å². The molecule has 1 heterocycles. The SMILES string of the molecule is Cc1ccccc1C(=O)N1CCC(NC(=O)C(C)(C)CCl)CC1. The Kier molecular flexibility index (Phi) is 5.69. The van der Waals surface area contributed by atoms with E-state index in [4.69, 9.17) is 11.6 Å². The van der Waals surface area contributed by atoms with Crippen LogP contribution < -0.4 is 5.32 Å². The maximum atomic E-state index is 12.6. The molecule has 0 atom stereocenters. The molecule has 0 unspecified atom stereocenters. The molecule has 5 heteroatoms. The van der Waals surface area contributed by atoms with Gasteiger partial charge < -0.3 is 10.2 Å². The standard InChI is InChI=1S/C18H25ClN2O2/c1-13-6-4-5-7-15(13)16(22)21-10-8-14(9-11-21)20-17(23)18(2,3)12-19/h4-7,14H,8-12H2,1-3H3,(H,20,23). The van der Waals surface area contributed by atoms with Crippen LogP contribution in [0.1, 0.15) is 42.6 Å². The van der Waals surface area contributed by atoms with Crippen molar-refractivity contribution in [3.8, 4) is 0 Å². The number of benzene rings is 1. The summed E-state index contributed by atoms with van der Waals surface area (Å²) >= 11 is 5.84. The zero-order valence-electron chi connectivity index (χ0n) is 14.1. The lowest BCUT2D eigenvalue weighted by Gasteiger charge is -2.34. The van der Waals surface area contributed by atoms with Crippen LogP contribution in [0.3, 0.4) is 0 Å². The summed E-state index contributed by atoms with van der Waals surface area (Å²) in [5.41, 5.74) is 1.20. The molecule has 1 aliphatic rings. The highest BCUT2D eigenvalue weighted by atomic mass is 35.5. The second kappa shape index (κ2) is 7.35. The number of carbonyl (C=O) groups is 2. The summed E-state index contributed by atoms with van der Waals surface area (Å²) in [6.45, 7) is 6.96. The molecule has 1 saturated heterocycles. The molecule has 1 aromatic carbocycles. The first-order chi connectivity index (χ1) is 10.8. The average Bonchev–Trinajstić information content (AvgIpc) is 2.55. The Morgan fingerprint density at radius 1 is 1.26 bits per heavy atom. The number of carbonyl (C=O) groups excluding carboxylic acids is 2. The van der Waals surface area contributed by atoms with E-state index in [0.717, 1.165) is 24.0 Å². The summed E-state index contributed by atoms with van der Waals surface area (Å²) in [7, 11) is 0. The van der Waals surface area contributed by atoms with Gasteiger partial charge in [-0.05, 0) is 45.2 Å². The molecule has 23 heavy (non-hydrogen) atoms. The topological polar surface area (TPSA) is 49.4 Å².